The van der Waals surface area contributed by atoms with Crippen molar-refractivity contribution in [1.29, 1.82) is 0 Å². The number of hydrogen-bond acceptors (Lipinski definition) is 0. The van der Waals surface area contributed by atoms with E-state index >= 15 is 0 Å². The van der Waals surface area contributed by atoms with Gasteiger partial charge in [-0.1, -0.05) is 0 Å². The summed E-state index contributed by atoms with van der Waals surface area (Å²) in [5.74, 6) is 0. The topological polar surface area (TPSA) is 0 Å². The summed E-state index contributed by atoms with van der Waals surface area (Å²) in [5.41, 5.74) is 0. The van der Waals surface area contributed by atoms with Crippen LogP contribution in [0.5, 0.6) is 0 Å². The van der Waals surface area contributed by atoms with Gasteiger partial charge in [0.05, 0.1) is 7.44 Å². The van der Waals surface area contributed by atoms with Crippen molar-refractivity contribution in [3.8, 4) is 0 Å². The van der Waals surface area contributed by atoms with Gasteiger partial charge in [0.15, 0.2) is 17.4 Å². The van der Waals surface area contributed by atoms with Crippen LogP contribution in [0.4, 0.5) is 0 Å². The van der Waals surface area contributed by atoms with E-state index in [1.165, 1.54) is 10.1 Å². The molecule has 0 aliphatic rings. The first-order valence-corrected chi connectivity index (χ1v) is 3.00. The SMILES string of the molecule is B[SiH3].[AlH3].[MgH2].[Sc]. The Bertz CT molecular complexity index is 11.6. The maximum atomic E-state index is 2.14. The van der Waals surface area contributed by atoms with Crippen LogP contribution in [-0.4, -0.2) is 58.0 Å². The van der Waals surface area contributed by atoms with Gasteiger partial charge in [-0.25, -0.2) is 0 Å². The van der Waals surface area contributed by atoms with E-state index in [4.69, 9.17) is 0 Å². The van der Waals surface area contributed by atoms with Crippen molar-refractivity contribution in [3.63, 3.8) is 0 Å². The monoisotopic (exact) mass is 145 g/mol. The van der Waals surface area contributed by atoms with Crippen LogP contribution in [0.2, 0.25) is 0 Å². The van der Waals surface area contributed by atoms with E-state index in [-0.39, 0.29) is 66.3 Å². The molecular weight excluding hydrogens is 135 g/mol. The van der Waals surface area contributed by atoms with Crippen LogP contribution in [0.25, 0.3) is 0 Å². The number of rotatable bonds is 0. The molecule has 0 aliphatic carbocycles. The zero-order valence-electron chi connectivity index (χ0n) is 2.58. The minimum Gasteiger partial charge on any atom is -0.0304 e. The molecule has 0 atom stereocenters. The summed E-state index contributed by atoms with van der Waals surface area (Å²) in [5, 5.41) is 0. The Morgan fingerprint density at radius 2 is 1.20 bits per heavy atom. The summed E-state index contributed by atoms with van der Waals surface area (Å²) in [4.78, 5) is 0. The molecule has 0 amide bonds. The van der Waals surface area contributed by atoms with E-state index in [1.807, 2.05) is 0 Å². The molecular formula is H10AlBMgScSi. The third kappa shape index (κ3) is 21.3. The summed E-state index contributed by atoms with van der Waals surface area (Å²) in [6, 6.07) is 0. The van der Waals surface area contributed by atoms with Crippen molar-refractivity contribution in [1.82, 2.24) is 0 Å². The Kier molecular flexibility index (Phi) is 166. The van der Waals surface area contributed by atoms with Crippen LogP contribution >= 0.6 is 0 Å². The fourth-order valence-corrected chi connectivity index (χ4v) is 0. The second-order valence-electron chi connectivity index (χ2n) is 0. The van der Waals surface area contributed by atoms with Gasteiger partial charge < -0.3 is 0 Å². The van der Waals surface area contributed by atoms with Crippen molar-refractivity contribution in [2.75, 3.05) is 0 Å². The Hall–Kier alpha value is 2.45. The minimum atomic E-state index is 0. The summed E-state index contributed by atoms with van der Waals surface area (Å²) >= 11 is 0. The molecule has 0 fully saturated rings. The van der Waals surface area contributed by atoms with Crippen molar-refractivity contribution >= 4 is 58.0 Å². The van der Waals surface area contributed by atoms with Crippen LogP contribution in [0.3, 0.4) is 0 Å². The van der Waals surface area contributed by atoms with Gasteiger partial charge in [-0.05, 0) is 10.1 Å². The molecule has 25 valence electrons. The maximum Gasteiger partial charge on any atom is 0.316 e. The molecule has 0 aromatic heterocycles. The van der Waals surface area contributed by atoms with Crippen LogP contribution < -0.4 is 0 Å². The summed E-state index contributed by atoms with van der Waals surface area (Å²) < 4.78 is 0. The second kappa shape index (κ2) is 31.9. The molecule has 0 aromatic rings. The molecule has 0 bridgehead atoms. The zero-order chi connectivity index (χ0) is 2.00. The average molecular weight is 145 g/mol. The molecule has 0 saturated heterocycles. The smallest absolute Gasteiger partial charge is 0.0304 e. The third-order valence-electron chi connectivity index (χ3n) is 0. The van der Waals surface area contributed by atoms with Crippen molar-refractivity contribution < 1.29 is 25.8 Å². The maximum absolute atomic E-state index is 2.14. The molecule has 0 aromatic carbocycles. The molecule has 0 nitrogen and oxygen atoms in total. The first-order chi connectivity index (χ1) is 1.00. The van der Waals surface area contributed by atoms with Gasteiger partial charge in [-0.3, -0.25) is 0 Å². The summed E-state index contributed by atoms with van der Waals surface area (Å²) in [7, 11) is 3.44. The Labute approximate surface area is 82.7 Å². The van der Waals surface area contributed by atoms with Crippen LogP contribution in [0.15, 0.2) is 0 Å². The second-order valence-corrected chi connectivity index (χ2v) is 0. The molecule has 5 heavy (non-hydrogen) atoms. The van der Waals surface area contributed by atoms with Gasteiger partial charge in [-0.2, -0.15) is 0 Å². The Balaban J connectivity index is -0.00000000167. The fraction of sp³-hybridized carbons (Fsp3) is 0. The third-order valence-corrected chi connectivity index (χ3v) is 0. The molecule has 5 heteroatoms. The Morgan fingerprint density at radius 1 is 1.20 bits per heavy atom. The molecule has 1 radical (unpaired) electrons. The average Bonchev–Trinajstić information content (AvgIpc) is 1.00. The zero-order valence-corrected chi connectivity index (χ0v) is 6.38. The largest absolute Gasteiger partial charge is 0.316 e. The molecule has 0 heterocycles. The van der Waals surface area contributed by atoms with E-state index < -0.39 is 0 Å². The Morgan fingerprint density at radius 3 is 1.20 bits per heavy atom. The molecule has 0 rings (SSSR count). The van der Waals surface area contributed by atoms with Crippen molar-refractivity contribution in [3.05, 3.63) is 0 Å². The fourth-order valence-electron chi connectivity index (χ4n) is 0. The predicted octanol–water partition coefficient (Wildman–Crippen LogP) is -4.20. The first-order valence-electron chi connectivity index (χ1n) is 1.00. The van der Waals surface area contributed by atoms with Crippen LogP contribution in [0, 0.1) is 0 Å². The summed E-state index contributed by atoms with van der Waals surface area (Å²) in [6.07, 6.45) is 0. The normalized spacial score (nSPS) is 1.60. The predicted molar refractivity (Wildman–Crippen MR) is 37.0 cm³/mol. The van der Waals surface area contributed by atoms with Gasteiger partial charge in [0.25, 0.3) is 0 Å². The van der Waals surface area contributed by atoms with Gasteiger partial charge in [0.1, 0.15) is 0 Å². The standard InChI is InChI=1S/Al.BH5Si.Mg.Sc.5H/c;1-2;;;;;;;/h;1H2,2H3;;;;;;;. The van der Waals surface area contributed by atoms with Crippen molar-refractivity contribution in [2.24, 2.45) is 0 Å². The molecule has 0 aliphatic heterocycles. The minimum absolute atomic E-state index is 0. The number of hydrogen-bond donors (Lipinski definition) is 0. The quantitative estimate of drug-likeness (QED) is 0.303. The van der Waals surface area contributed by atoms with E-state index in [0.29, 0.717) is 0 Å². The van der Waals surface area contributed by atoms with Crippen LogP contribution in [-0.2, 0) is 25.8 Å². The molecule has 0 unspecified atom stereocenters. The van der Waals surface area contributed by atoms with Gasteiger partial charge in [-0.15, -0.1) is 0 Å². The molecule has 0 N–H and O–H groups in total. The van der Waals surface area contributed by atoms with E-state index in [0.717, 1.165) is 0 Å². The first kappa shape index (κ1) is 26.0. The van der Waals surface area contributed by atoms with Crippen LogP contribution in [0.1, 0.15) is 0 Å². The van der Waals surface area contributed by atoms with E-state index in [2.05, 4.69) is 7.44 Å². The van der Waals surface area contributed by atoms with Crippen molar-refractivity contribution in [2.45, 2.75) is 0 Å². The molecule has 0 spiro atoms. The van der Waals surface area contributed by atoms with E-state index in [1.54, 1.807) is 0 Å². The molecule has 0 saturated carbocycles. The van der Waals surface area contributed by atoms with Gasteiger partial charge in [0.2, 0.25) is 0 Å². The van der Waals surface area contributed by atoms with E-state index in [9.17, 15) is 0 Å². The van der Waals surface area contributed by atoms with Gasteiger partial charge in [0, 0.05) is 25.8 Å². The summed E-state index contributed by atoms with van der Waals surface area (Å²) in [6.45, 7) is 0. The van der Waals surface area contributed by atoms with Gasteiger partial charge >= 0.3 is 23.1 Å².